The molecule has 146 valence electrons. The number of rotatable bonds is 5. The van der Waals surface area contributed by atoms with Crippen molar-refractivity contribution in [2.45, 2.75) is 19.8 Å². The van der Waals surface area contributed by atoms with Crippen molar-refractivity contribution < 1.29 is 28.5 Å². The van der Waals surface area contributed by atoms with E-state index in [-0.39, 0.29) is 42.6 Å². The van der Waals surface area contributed by atoms with Gasteiger partial charge in [-0.05, 0) is 25.8 Å². The van der Waals surface area contributed by atoms with Crippen LogP contribution in [0.25, 0.3) is 0 Å². The first-order valence-electron chi connectivity index (χ1n) is 8.89. The highest BCUT2D eigenvalue weighted by molar-refractivity contribution is 5.94. The van der Waals surface area contributed by atoms with Crippen molar-refractivity contribution in [3.8, 4) is 0 Å². The van der Waals surface area contributed by atoms with Crippen LogP contribution in [0, 0.1) is 22.0 Å². The molecule has 0 radical (unpaired) electrons. The Balaban J connectivity index is 1.52. The molecule has 2 fully saturated rings. The number of carbonyl (C=O) groups is 3. The number of nitrogens with zero attached hydrogens (tertiary/aromatic N) is 3. The summed E-state index contributed by atoms with van der Waals surface area (Å²) in [6, 6.07) is 2.38. The van der Waals surface area contributed by atoms with Gasteiger partial charge in [-0.3, -0.25) is 24.5 Å². The number of amides is 2. The maximum absolute atomic E-state index is 12.6. The fraction of sp³-hybridized carbons (Fsp3) is 0.588. The Kier molecular flexibility index (Phi) is 5.43. The van der Waals surface area contributed by atoms with Crippen molar-refractivity contribution in [3.63, 3.8) is 0 Å². The lowest BCUT2D eigenvalue weighted by Crippen LogP contribution is -2.57. The SMILES string of the molecule is CCOC(=O)C1CCCN(C(=O)C2CN(C(=O)c3ccc([N+](=O)[O-])o3)C2)C1. The van der Waals surface area contributed by atoms with E-state index in [0.29, 0.717) is 26.1 Å². The first-order chi connectivity index (χ1) is 12.9. The molecule has 0 spiro atoms. The second kappa shape index (κ2) is 7.77. The molecule has 2 saturated heterocycles. The van der Waals surface area contributed by atoms with Crippen molar-refractivity contribution >= 4 is 23.7 Å². The summed E-state index contributed by atoms with van der Waals surface area (Å²) in [6.07, 6.45) is 1.44. The van der Waals surface area contributed by atoms with Gasteiger partial charge in [-0.15, -0.1) is 0 Å². The van der Waals surface area contributed by atoms with Gasteiger partial charge in [0.15, 0.2) is 5.76 Å². The Morgan fingerprint density at radius 2 is 1.93 bits per heavy atom. The summed E-state index contributed by atoms with van der Waals surface area (Å²) in [5.74, 6) is -2.09. The molecule has 27 heavy (non-hydrogen) atoms. The zero-order valence-corrected chi connectivity index (χ0v) is 15.0. The second-order valence-corrected chi connectivity index (χ2v) is 6.68. The molecule has 1 aromatic rings. The lowest BCUT2D eigenvalue weighted by atomic mass is 9.93. The minimum atomic E-state index is -0.713. The van der Waals surface area contributed by atoms with E-state index < -0.39 is 16.7 Å². The Morgan fingerprint density at radius 3 is 2.56 bits per heavy atom. The topological polar surface area (TPSA) is 123 Å². The van der Waals surface area contributed by atoms with E-state index in [4.69, 9.17) is 9.15 Å². The highest BCUT2D eigenvalue weighted by atomic mass is 16.6. The Bertz CT molecular complexity index is 753. The Labute approximate surface area is 155 Å². The van der Waals surface area contributed by atoms with Gasteiger partial charge in [0.1, 0.15) is 4.92 Å². The molecule has 10 heteroatoms. The number of ether oxygens (including phenoxy) is 1. The molecule has 0 bridgehead atoms. The van der Waals surface area contributed by atoms with Crippen LogP contribution >= 0.6 is 0 Å². The van der Waals surface area contributed by atoms with Crippen LogP contribution in [0.5, 0.6) is 0 Å². The number of furan rings is 1. The highest BCUT2D eigenvalue weighted by Gasteiger charge is 2.41. The third kappa shape index (κ3) is 3.93. The summed E-state index contributed by atoms with van der Waals surface area (Å²) in [5, 5.41) is 10.6. The van der Waals surface area contributed by atoms with E-state index in [1.807, 2.05) is 0 Å². The lowest BCUT2D eigenvalue weighted by Gasteiger charge is -2.41. The molecule has 0 aromatic carbocycles. The van der Waals surface area contributed by atoms with E-state index in [1.165, 1.54) is 11.0 Å². The van der Waals surface area contributed by atoms with Gasteiger partial charge < -0.3 is 19.0 Å². The number of esters is 1. The van der Waals surface area contributed by atoms with Crippen molar-refractivity contribution in [2.75, 3.05) is 32.8 Å². The Hall–Kier alpha value is -2.91. The maximum Gasteiger partial charge on any atom is 0.433 e. The molecule has 2 aliphatic heterocycles. The molecule has 1 unspecified atom stereocenters. The van der Waals surface area contributed by atoms with E-state index in [2.05, 4.69) is 0 Å². The van der Waals surface area contributed by atoms with Crippen molar-refractivity contribution in [1.82, 2.24) is 9.80 Å². The first kappa shape index (κ1) is 18.9. The number of hydrogen-bond donors (Lipinski definition) is 0. The smallest absolute Gasteiger partial charge is 0.433 e. The standard InChI is InChI=1S/C17H21N3O7/c1-2-26-17(23)11-4-3-7-18(8-11)15(21)12-9-19(10-12)16(22)13-5-6-14(27-13)20(24)25/h5-6,11-12H,2-4,7-10H2,1H3. The van der Waals surface area contributed by atoms with Crippen LogP contribution in [0.3, 0.4) is 0 Å². The van der Waals surface area contributed by atoms with Crippen LogP contribution in [-0.4, -0.2) is 65.3 Å². The van der Waals surface area contributed by atoms with Crippen molar-refractivity contribution in [2.24, 2.45) is 11.8 Å². The number of likely N-dealkylation sites (tertiary alicyclic amines) is 2. The van der Waals surface area contributed by atoms with Crippen molar-refractivity contribution in [1.29, 1.82) is 0 Å². The third-order valence-electron chi connectivity index (χ3n) is 4.85. The molecule has 0 saturated carbocycles. The molecular weight excluding hydrogens is 358 g/mol. The molecule has 3 heterocycles. The van der Waals surface area contributed by atoms with Crippen molar-refractivity contribution in [3.05, 3.63) is 28.0 Å². The summed E-state index contributed by atoms with van der Waals surface area (Å²) < 4.78 is 9.94. The normalized spacial score (nSPS) is 20.1. The van der Waals surface area contributed by atoms with Gasteiger partial charge in [0, 0.05) is 26.2 Å². The number of carbonyl (C=O) groups excluding carboxylic acids is 3. The van der Waals surface area contributed by atoms with Gasteiger partial charge in [-0.2, -0.15) is 0 Å². The number of piperidine rings is 1. The van der Waals surface area contributed by atoms with E-state index in [0.717, 1.165) is 12.5 Å². The average Bonchev–Trinajstić information content (AvgIpc) is 3.11. The van der Waals surface area contributed by atoms with E-state index in [1.54, 1.807) is 11.8 Å². The molecule has 0 aliphatic carbocycles. The fourth-order valence-electron chi connectivity index (χ4n) is 3.39. The highest BCUT2D eigenvalue weighted by Crippen LogP contribution is 2.26. The summed E-state index contributed by atoms with van der Waals surface area (Å²) >= 11 is 0. The molecule has 2 amide bonds. The van der Waals surface area contributed by atoms with Gasteiger partial charge in [0.05, 0.1) is 24.5 Å². The van der Waals surface area contributed by atoms with Crippen LogP contribution in [0.4, 0.5) is 5.88 Å². The monoisotopic (exact) mass is 379 g/mol. The third-order valence-corrected chi connectivity index (χ3v) is 4.85. The summed E-state index contributed by atoms with van der Waals surface area (Å²) in [6.45, 7) is 3.45. The molecule has 10 nitrogen and oxygen atoms in total. The van der Waals surface area contributed by atoms with Crippen LogP contribution in [0.2, 0.25) is 0 Å². The van der Waals surface area contributed by atoms with Crippen LogP contribution in [0.1, 0.15) is 30.3 Å². The number of nitro groups is 1. The van der Waals surface area contributed by atoms with Gasteiger partial charge in [-0.25, -0.2) is 0 Å². The first-order valence-corrected chi connectivity index (χ1v) is 8.89. The molecule has 1 aromatic heterocycles. The minimum absolute atomic E-state index is 0.0847. The summed E-state index contributed by atoms with van der Waals surface area (Å²) in [7, 11) is 0. The molecular formula is C17H21N3O7. The molecule has 1 atom stereocenters. The molecule has 3 rings (SSSR count). The predicted octanol–water partition coefficient (Wildman–Crippen LogP) is 1.06. The van der Waals surface area contributed by atoms with Crippen LogP contribution in [-0.2, 0) is 14.3 Å². The maximum atomic E-state index is 12.6. The van der Waals surface area contributed by atoms with Crippen LogP contribution in [0.15, 0.2) is 16.5 Å². The van der Waals surface area contributed by atoms with Crippen LogP contribution < -0.4 is 0 Å². The lowest BCUT2D eigenvalue weighted by molar-refractivity contribution is -0.402. The van der Waals surface area contributed by atoms with E-state index >= 15 is 0 Å². The minimum Gasteiger partial charge on any atom is -0.466 e. The van der Waals surface area contributed by atoms with Gasteiger partial charge in [0.25, 0.3) is 5.91 Å². The number of hydrogen-bond acceptors (Lipinski definition) is 7. The average molecular weight is 379 g/mol. The largest absolute Gasteiger partial charge is 0.466 e. The quantitative estimate of drug-likeness (QED) is 0.426. The van der Waals surface area contributed by atoms with Gasteiger partial charge in [-0.1, -0.05) is 0 Å². The predicted molar refractivity (Wildman–Crippen MR) is 90.7 cm³/mol. The molecule has 2 aliphatic rings. The zero-order chi connectivity index (χ0) is 19.6. The zero-order valence-electron chi connectivity index (χ0n) is 15.0. The summed E-state index contributed by atoms with van der Waals surface area (Å²) in [4.78, 5) is 49.8. The van der Waals surface area contributed by atoms with Gasteiger partial charge >= 0.3 is 11.9 Å². The molecule has 0 N–H and O–H groups in total. The summed E-state index contributed by atoms with van der Waals surface area (Å²) in [5.41, 5.74) is 0. The Morgan fingerprint density at radius 1 is 1.22 bits per heavy atom. The fourth-order valence-corrected chi connectivity index (χ4v) is 3.39. The van der Waals surface area contributed by atoms with Gasteiger partial charge in [0.2, 0.25) is 5.91 Å². The second-order valence-electron chi connectivity index (χ2n) is 6.68. The van der Waals surface area contributed by atoms with E-state index in [9.17, 15) is 24.5 Å².